The normalized spacial score (nSPS) is 19.6. The Labute approximate surface area is 422 Å². The molecule has 3 rings (SSSR count). The average Bonchev–Trinajstić information content (AvgIpc) is 3.96. The lowest BCUT2D eigenvalue weighted by Crippen LogP contribution is -2.40. The zero-order valence-corrected chi connectivity index (χ0v) is 48.5. The van der Waals surface area contributed by atoms with Crippen molar-refractivity contribution in [2.75, 3.05) is 0 Å². The molecule has 1 aromatic rings. The van der Waals surface area contributed by atoms with Crippen molar-refractivity contribution >= 4 is 23.4 Å². The largest absolute Gasteiger partial charge is 0.356 e. The number of rotatable bonds is 21. The lowest BCUT2D eigenvalue weighted by Gasteiger charge is -2.36. The van der Waals surface area contributed by atoms with Gasteiger partial charge in [0.15, 0.2) is 0 Å². The first kappa shape index (κ1) is 68.7. The molecule has 0 radical (unpaired) electrons. The number of carbonyl (C=O) groups is 2. The molecule has 0 amide bonds. The van der Waals surface area contributed by atoms with Gasteiger partial charge in [-0.3, -0.25) is 9.79 Å². The highest BCUT2D eigenvalue weighted by Crippen LogP contribution is 2.56. The molecule has 1 N–H and O–H groups in total. The van der Waals surface area contributed by atoms with Crippen molar-refractivity contribution in [2.24, 2.45) is 40.0 Å². The third kappa shape index (κ3) is 27.0. The van der Waals surface area contributed by atoms with Crippen molar-refractivity contribution in [3.8, 4) is 0 Å². The minimum Gasteiger partial charge on any atom is -0.356 e. The minimum absolute atomic E-state index is 0.0267. The van der Waals surface area contributed by atoms with Crippen LogP contribution in [0.15, 0.2) is 89.1 Å². The number of allylic oxidation sites excluding steroid dienone is 8. The number of ketones is 2. The van der Waals surface area contributed by atoms with E-state index in [0.29, 0.717) is 11.5 Å². The molecule has 3 atom stereocenters. The van der Waals surface area contributed by atoms with Gasteiger partial charge in [0.2, 0.25) is 0 Å². The first-order valence-corrected chi connectivity index (χ1v) is 27.1. The number of hydrogen-bond donors (Lipinski definition) is 1. The summed E-state index contributed by atoms with van der Waals surface area (Å²) in [7, 11) is 0. The fourth-order valence-corrected chi connectivity index (χ4v) is 8.60. The quantitative estimate of drug-likeness (QED) is 0.0987. The molecule has 3 unspecified atom stereocenters. The highest BCUT2D eigenvalue weighted by molar-refractivity contribution is 5.92. The Bertz CT molecular complexity index is 1730. The average molecular weight is 946 g/mol. The zero-order chi connectivity index (χ0) is 53.2. The van der Waals surface area contributed by atoms with Gasteiger partial charge in [-0.1, -0.05) is 186 Å². The van der Waals surface area contributed by atoms with E-state index in [1.807, 2.05) is 40.0 Å². The smallest absolute Gasteiger partial charge is 0.146 e. The standard InChI is InChI=1S/C37H53FN2O.2C8H16.C4H10.C3H6O.C3H8/c1-12-18-34(33(38)17-6)40-30(11)29(10)35(39-23-15-4)25-27(8)31-19-20-32(28(9)24-31)37(21-13-2,22-14-3)36(41)26(7)16-5;1-4-7-6-8(7,3)5-2;1-3-4-8-5-7(2)6-8;1-4(2)3;1-3(2)4;1-3-2/h12,17-20,23-26,40H,6,8,13-16,21-22H2,1-5,7,9-11H3;7H,4-6H2,1-3H3;7-8H,3-6H2,1-2H3;4H,1-3H3;1-2H3;3H2,1-2H3/b18-12-,30-29+,34-33-,35-25+,39-23?;;;;;. The van der Waals surface area contributed by atoms with E-state index < -0.39 is 11.2 Å². The van der Waals surface area contributed by atoms with Crippen molar-refractivity contribution in [3.63, 3.8) is 0 Å². The van der Waals surface area contributed by atoms with Crippen LogP contribution in [-0.2, 0) is 15.0 Å². The summed E-state index contributed by atoms with van der Waals surface area (Å²) in [6.45, 7) is 51.7. The van der Waals surface area contributed by atoms with Crippen molar-refractivity contribution in [3.05, 3.63) is 101 Å². The number of hydrogen-bond acceptors (Lipinski definition) is 4. The summed E-state index contributed by atoms with van der Waals surface area (Å²) < 4.78 is 14.4. The summed E-state index contributed by atoms with van der Waals surface area (Å²) in [5.41, 5.74) is 7.11. The number of carbonyl (C=O) groups excluding carboxylic acids is 2. The number of benzene rings is 1. The number of nitrogens with one attached hydrogen (secondary N) is 1. The molecule has 0 aromatic heterocycles. The van der Waals surface area contributed by atoms with Gasteiger partial charge in [-0.05, 0) is 162 Å². The highest BCUT2D eigenvalue weighted by Gasteiger charge is 2.46. The van der Waals surface area contributed by atoms with Crippen LogP contribution in [-0.4, -0.2) is 17.8 Å². The van der Waals surface area contributed by atoms with Gasteiger partial charge in [0.05, 0.1) is 16.8 Å². The van der Waals surface area contributed by atoms with E-state index in [2.05, 4.69) is 141 Å². The summed E-state index contributed by atoms with van der Waals surface area (Å²) in [6.07, 6.45) is 25.1. The summed E-state index contributed by atoms with van der Waals surface area (Å²) >= 11 is 0. The van der Waals surface area contributed by atoms with Gasteiger partial charge in [0, 0.05) is 17.8 Å². The van der Waals surface area contributed by atoms with Crippen LogP contribution in [0.5, 0.6) is 0 Å². The van der Waals surface area contributed by atoms with Crippen LogP contribution < -0.4 is 5.32 Å². The zero-order valence-electron chi connectivity index (χ0n) is 48.5. The molecule has 2 fully saturated rings. The third-order valence-corrected chi connectivity index (χ3v) is 12.8. The maximum absolute atomic E-state index is 14.4. The van der Waals surface area contributed by atoms with Gasteiger partial charge >= 0.3 is 0 Å². The van der Waals surface area contributed by atoms with Gasteiger partial charge in [-0.2, -0.15) is 0 Å². The molecule has 0 aliphatic heterocycles. The summed E-state index contributed by atoms with van der Waals surface area (Å²) in [4.78, 5) is 28.0. The molecule has 0 bridgehead atoms. The van der Waals surface area contributed by atoms with E-state index in [1.165, 1.54) is 71.3 Å². The molecule has 68 heavy (non-hydrogen) atoms. The number of Topliss-reactive ketones (excluding diaryl/α,β-unsaturated/α-hetero) is 2. The number of halogens is 1. The molecule has 2 aliphatic rings. The molecule has 0 heterocycles. The Morgan fingerprint density at radius 1 is 0.941 bits per heavy atom. The fraction of sp³-hybridized carbons (Fsp3) is 0.667. The predicted molar refractivity (Wildman–Crippen MR) is 304 cm³/mol. The van der Waals surface area contributed by atoms with Crippen molar-refractivity contribution < 1.29 is 14.0 Å². The van der Waals surface area contributed by atoms with Crippen LogP contribution in [0.2, 0.25) is 0 Å². The second kappa shape index (κ2) is 38.2. The number of aryl methyl sites for hydroxylation is 1. The molecule has 2 saturated carbocycles. The molecular weight excluding hydrogens is 836 g/mol. The van der Waals surface area contributed by atoms with E-state index in [1.54, 1.807) is 12.2 Å². The van der Waals surface area contributed by atoms with Gasteiger partial charge < -0.3 is 10.1 Å². The summed E-state index contributed by atoms with van der Waals surface area (Å²) in [5.74, 6) is 4.18. The first-order valence-electron chi connectivity index (χ1n) is 27.1. The Morgan fingerprint density at radius 3 is 1.82 bits per heavy atom. The van der Waals surface area contributed by atoms with Crippen LogP contribution in [0.4, 0.5) is 4.39 Å². The lowest BCUT2D eigenvalue weighted by molar-refractivity contribution is -0.129. The van der Waals surface area contributed by atoms with E-state index >= 15 is 0 Å². The van der Waals surface area contributed by atoms with Gasteiger partial charge in [0.25, 0.3) is 0 Å². The van der Waals surface area contributed by atoms with Crippen molar-refractivity contribution in [1.82, 2.24) is 5.32 Å². The second-order valence-electron chi connectivity index (χ2n) is 20.8. The maximum atomic E-state index is 14.4. The Kier molecular flexibility index (Phi) is 38.6. The maximum Gasteiger partial charge on any atom is 0.146 e. The second-order valence-corrected chi connectivity index (χ2v) is 20.8. The molecule has 0 spiro atoms. The van der Waals surface area contributed by atoms with E-state index in [4.69, 9.17) is 4.99 Å². The van der Waals surface area contributed by atoms with Gasteiger partial charge in [0.1, 0.15) is 17.4 Å². The predicted octanol–water partition coefficient (Wildman–Crippen LogP) is 20.0. The summed E-state index contributed by atoms with van der Waals surface area (Å²) in [5, 5.41) is 3.17. The van der Waals surface area contributed by atoms with E-state index in [9.17, 15) is 14.0 Å². The fourth-order valence-electron chi connectivity index (χ4n) is 8.60. The van der Waals surface area contributed by atoms with Crippen LogP contribution in [0, 0.1) is 41.9 Å². The van der Waals surface area contributed by atoms with E-state index in [0.717, 1.165) is 107 Å². The van der Waals surface area contributed by atoms with Gasteiger partial charge in [-0.15, -0.1) is 0 Å². The number of aliphatic imine (C=N–C) groups is 1. The molecular formula is C63H109FN2O2. The monoisotopic (exact) mass is 945 g/mol. The molecule has 2 aliphatic carbocycles. The molecule has 1 aromatic carbocycles. The van der Waals surface area contributed by atoms with Crippen LogP contribution >= 0.6 is 0 Å². The van der Waals surface area contributed by atoms with Crippen LogP contribution in [0.3, 0.4) is 0 Å². The Morgan fingerprint density at radius 2 is 1.47 bits per heavy atom. The van der Waals surface area contributed by atoms with Crippen LogP contribution in [0.1, 0.15) is 245 Å². The van der Waals surface area contributed by atoms with Crippen molar-refractivity contribution in [2.45, 2.75) is 241 Å². The highest BCUT2D eigenvalue weighted by atomic mass is 19.1. The number of nitrogens with zero attached hydrogens (tertiary/aromatic N) is 1. The molecule has 0 saturated heterocycles. The third-order valence-electron chi connectivity index (χ3n) is 12.8. The lowest BCUT2D eigenvalue weighted by atomic mass is 9.65. The van der Waals surface area contributed by atoms with Crippen LogP contribution in [0.25, 0.3) is 5.57 Å². The van der Waals surface area contributed by atoms with Gasteiger partial charge in [-0.25, -0.2) is 4.39 Å². The summed E-state index contributed by atoms with van der Waals surface area (Å²) in [6, 6.07) is 6.38. The Balaban J connectivity index is -0.00000124. The minimum atomic E-state index is -0.462. The molecule has 4 nitrogen and oxygen atoms in total. The van der Waals surface area contributed by atoms with E-state index in [-0.39, 0.29) is 11.7 Å². The SMILES string of the molecule is C=C/C(F)=C(\C=C/C)N/C(C)=C(C)/C(=C\C(=C)c1ccc(C(CCC)(CCC)C(=O)C(C)CC)c(C)c1)N=CCC.CC(C)=O.CC(C)C.CCC.CCC1CC1(C)CC.CCCC1CC(C)C1. The molecule has 5 heteroatoms. The Hall–Kier alpha value is -3.60. The topological polar surface area (TPSA) is 58.5 Å². The molecule has 390 valence electrons. The first-order chi connectivity index (χ1) is 31.9. The van der Waals surface area contributed by atoms with Crippen molar-refractivity contribution in [1.29, 1.82) is 0 Å².